The lowest BCUT2D eigenvalue weighted by Crippen LogP contribution is -2.18. The molecule has 17 heavy (non-hydrogen) atoms. The lowest BCUT2D eigenvalue weighted by molar-refractivity contribution is -0.145. The fraction of sp³-hybridized carbons (Fsp3) is 0.273. The van der Waals surface area contributed by atoms with Crippen molar-refractivity contribution in [1.29, 1.82) is 0 Å². The molecular formula is C11H11BrClNO3. The third-order valence-corrected chi connectivity index (χ3v) is 2.62. The van der Waals surface area contributed by atoms with Gasteiger partial charge in [-0.15, -0.1) is 0 Å². The van der Waals surface area contributed by atoms with Gasteiger partial charge in [0.15, 0.2) is 0 Å². The van der Waals surface area contributed by atoms with Crippen molar-refractivity contribution in [3.05, 3.63) is 27.7 Å². The van der Waals surface area contributed by atoms with E-state index in [9.17, 15) is 9.59 Å². The first-order valence-corrected chi connectivity index (χ1v) is 6.10. The number of anilines is 1. The van der Waals surface area contributed by atoms with Crippen LogP contribution in [-0.4, -0.2) is 18.5 Å². The highest BCUT2D eigenvalue weighted by atomic mass is 79.9. The van der Waals surface area contributed by atoms with Crippen molar-refractivity contribution in [3.8, 4) is 0 Å². The lowest BCUT2D eigenvalue weighted by Gasteiger charge is -2.07. The summed E-state index contributed by atoms with van der Waals surface area (Å²) >= 11 is 9.16. The fourth-order valence-corrected chi connectivity index (χ4v) is 1.85. The van der Waals surface area contributed by atoms with Gasteiger partial charge in [-0.2, -0.15) is 0 Å². The molecule has 0 radical (unpaired) electrons. The molecule has 1 aromatic rings. The Morgan fingerprint density at radius 1 is 1.47 bits per heavy atom. The second-order valence-corrected chi connectivity index (χ2v) is 4.48. The van der Waals surface area contributed by atoms with Crippen LogP contribution in [0.5, 0.6) is 0 Å². The summed E-state index contributed by atoms with van der Waals surface area (Å²) in [5.74, 6) is -1.01. The summed E-state index contributed by atoms with van der Waals surface area (Å²) in [6, 6.07) is 5.04. The number of ether oxygens (including phenoxy) is 1. The zero-order valence-corrected chi connectivity index (χ0v) is 11.5. The highest BCUT2D eigenvalue weighted by molar-refractivity contribution is 9.10. The fourth-order valence-electron chi connectivity index (χ4n) is 1.13. The number of hydrogen-bond donors (Lipinski definition) is 1. The summed E-state index contributed by atoms with van der Waals surface area (Å²) in [7, 11) is 0. The minimum Gasteiger partial charge on any atom is -0.466 e. The highest BCUT2D eigenvalue weighted by Gasteiger charge is 2.11. The number of benzene rings is 1. The molecule has 0 heterocycles. The average Bonchev–Trinajstić information content (AvgIpc) is 2.22. The number of rotatable bonds is 4. The molecule has 1 aromatic carbocycles. The van der Waals surface area contributed by atoms with Gasteiger partial charge in [0.1, 0.15) is 6.42 Å². The number of amides is 1. The topological polar surface area (TPSA) is 55.4 Å². The number of esters is 1. The van der Waals surface area contributed by atoms with E-state index in [1.165, 1.54) is 0 Å². The van der Waals surface area contributed by atoms with Gasteiger partial charge >= 0.3 is 5.97 Å². The van der Waals surface area contributed by atoms with E-state index in [2.05, 4.69) is 26.0 Å². The second-order valence-electron chi connectivity index (χ2n) is 3.15. The smallest absolute Gasteiger partial charge is 0.315 e. The predicted molar refractivity (Wildman–Crippen MR) is 69.0 cm³/mol. The molecule has 92 valence electrons. The molecule has 0 aliphatic rings. The van der Waals surface area contributed by atoms with E-state index < -0.39 is 11.9 Å². The quantitative estimate of drug-likeness (QED) is 0.685. The first-order chi connectivity index (χ1) is 8.02. The molecule has 0 saturated heterocycles. The summed E-state index contributed by atoms with van der Waals surface area (Å²) < 4.78 is 5.47. The predicted octanol–water partition coefficient (Wildman–Crippen LogP) is 2.99. The number of hydrogen-bond acceptors (Lipinski definition) is 3. The van der Waals surface area contributed by atoms with Crippen LogP contribution in [0.25, 0.3) is 0 Å². The van der Waals surface area contributed by atoms with Gasteiger partial charge in [-0.1, -0.05) is 27.5 Å². The standard InChI is InChI=1S/C11H11BrClNO3/c1-2-17-11(16)6-10(15)14-9-4-3-7(12)5-8(9)13/h3-5H,2,6H2,1H3,(H,14,15). The Morgan fingerprint density at radius 3 is 2.76 bits per heavy atom. The first kappa shape index (κ1) is 14.0. The zero-order chi connectivity index (χ0) is 12.8. The summed E-state index contributed by atoms with van der Waals surface area (Å²) in [5, 5.41) is 2.93. The van der Waals surface area contributed by atoms with Crippen LogP contribution in [0.15, 0.2) is 22.7 Å². The Bertz CT molecular complexity index is 437. The highest BCUT2D eigenvalue weighted by Crippen LogP contribution is 2.25. The Balaban J connectivity index is 2.59. The number of carbonyl (C=O) groups excluding carboxylic acids is 2. The minimum absolute atomic E-state index is 0.255. The van der Waals surface area contributed by atoms with Gasteiger partial charge in [0.25, 0.3) is 0 Å². The normalized spacial score (nSPS) is 9.82. The van der Waals surface area contributed by atoms with Gasteiger partial charge in [0, 0.05) is 4.47 Å². The second kappa shape index (κ2) is 6.61. The van der Waals surface area contributed by atoms with Crippen LogP contribution in [0.3, 0.4) is 0 Å². The van der Waals surface area contributed by atoms with Gasteiger partial charge in [0.05, 0.1) is 17.3 Å². The van der Waals surface area contributed by atoms with E-state index in [0.29, 0.717) is 10.7 Å². The molecule has 0 bridgehead atoms. The molecule has 0 aliphatic heterocycles. The van der Waals surface area contributed by atoms with Crippen LogP contribution in [0.2, 0.25) is 5.02 Å². The molecule has 1 rings (SSSR count). The van der Waals surface area contributed by atoms with E-state index in [4.69, 9.17) is 11.6 Å². The molecule has 1 N–H and O–H groups in total. The van der Waals surface area contributed by atoms with E-state index in [-0.39, 0.29) is 13.0 Å². The van der Waals surface area contributed by atoms with Crippen LogP contribution >= 0.6 is 27.5 Å². The van der Waals surface area contributed by atoms with Gasteiger partial charge in [0.2, 0.25) is 5.91 Å². The first-order valence-electron chi connectivity index (χ1n) is 4.93. The third kappa shape index (κ3) is 4.75. The monoisotopic (exact) mass is 319 g/mol. The van der Waals surface area contributed by atoms with Gasteiger partial charge in [-0.3, -0.25) is 9.59 Å². The Kier molecular flexibility index (Phi) is 5.44. The Labute approximate surface area is 112 Å². The average molecular weight is 321 g/mol. The molecule has 0 saturated carbocycles. The van der Waals surface area contributed by atoms with Crippen LogP contribution in [-0.2, 0) is 14.3 Å². The molecule has 0 aliphatic carbocycles. The van der Waals surface area contributed by atoms with Crippen LogP contribution in [0, 0.1) is 0 Å². The van der Waals surface area contributed by atoms with E-state index >= 15 is 0 Å². The van der Waals surface area contributed by atoms with E-state index in [1.807, 2.05) is 0 Å². The maximum absolute atomic E-state index is 11.5. The molecular weight excluding hydrogens is 309 g/mol. The SMILES string of the molecule is CCOC(=O)CC(=O)Nc1ccc(Br)cc1Cl. The third-order valence-electron chi connectivity index (χ3n) is 1.82. The molecule has 0 unspecified atom stereocenters. The van der Waals surface area contributed by atoms with E-state index in [0.717, 1.165) is 4.47 Å². The van der Waals surface area contributed by atoms with E-state index in [1.54, 1.807) is 25.1 Å². The molecule has 0 spiro atoms. The van der Waals surface area contributed by atoms with Crippen LogP contribution in [0.4, 0.5) is 5.69 Å². The van der Waals surface area contributed by atoms with Crippen LogP contribution in [0.1, 0.15) is 13.3 Å². The molecule has 0 fully saturated rings. The van der Waals surface area contributed by atoms with Crippen LogP contribution < -0.4 is 5.32 Å². The summed E-state index contributed by atoms with van der Waals surface area (Å²) in [6.45, 7) is 1.94. The molecule has 4 nitrogen and oxygen atoms in total. The van der Waals surface area contributed by atoms with Crippen molar-refractivity contribution in [1.82, 2.24) is 0 Å². The lowest BCUT2D eigenvalue weighted by atomic mass is 10.3. The molecule has 0 atom stereocenters. The largest absolute Gasteiger partial charge is 0.466 e. The van der Waals surface area contributed by atoms with Crippen molar-refractivity contribution in [2.45, 2.75) is 13.3 Å². The van der Waals surface area contributed by atoms with Crippen molar-refractivity contribution in [2.24, 2.45) is 0 Å². The van der Waals surface area contributed by atoms with Crippen molar-refractivity contribution in [2.75, 3.05) is 11.9 Å². The van der Waals surface area contributed by atoms with Crippen molar-refractivity contribution in [3.63, 3.8) is 0 Å². The summed E-state index contributed by atoms with van der Waals surface area (Å²) in [6.07, 6.45) is -0.319. The molecule has 6 heteroatoms. The van der Waals surface area contributed by atoms with Crippen molar-refractivity contribution >= 4 is 45.1 Å². The molecule has 1 amide bonds. The maximum Gasteiger partial charge on any atom is 0.315 e. The maximum atomic E-state index is 11.5. The minimum atomic E-state index is -0.557. The van der Waals surface area contributed by atoms with Gasteiger partial charge < -0.3 is 10.1 Å². The number of carbonyl (C=O) groups is 2. The summed E-state index contributed by atoms with van der Waals surface area (Å²) in [4.78, 5) is 22.5. The number of nitrogens with one attached hydrogen (secondary N) is 1. The summed E-state index contributed by atoms with van der Waals surface area (Å²) in [5.41, 5.74) is 0.462. The Hall–Kier alpha value is -1.07. The zero-order valence-electron chi connectivity index (χ0n) is 9.13. The van der Waals surface area contributed by atoms with Gasteiger partial charge in [-0.25, -0.2) is 0 Å². The van der Waals surface area contributed by atoms with Crippen molar-refractivity contribution < 1.29 is 14.3 Å². The molecule has 0 aromatic heterocycles. The number of halogens is 2. The Morgan fingerprint density at radius 2 is 2.18 bits per heavy atom. The van der Waals surface area contributed by atoms with Gasteiger partial charge in [-0.05, 0) is 25.1 Å².